The molecular weight excluding hydrogens is 72.1 g/mol. The van der Waals surface area contributed by atoms with Crippen molar-refractivity contribution in [2.45, 2.75) is 39.4 Å². The van der Waals surface area contributed by atoms with Gasteiger partial charge in [-0.2, -0.15) is 0 Å². The van der Waals surface area contributed by atoms with E-state index in [2.05, 4.69) is 0 Å². The second-order valence-electron chi connectivity index (χ2n) is 1.14. The lowest BCUT2D eigenvalue weighted by Crippen LogP contribution is -1.66. The van der Waals surface area contributed by atoms with Crippen LogP contribution in [0.5, 0.6) is 0 Å². The fourth-order valence-electron chi connectivity index (χ4n) is 0.217. The Hall–Kier alpha value is 0. The Morgan fingerprint density at radius 3 is 3.17 bits per heavy atom. The minimum absolute atomic E-state index is 0.283. The van der Waals surface area contributed by atoms with Crippen LogP contribution in [0.1, 0.15) is 47.6 Å². The van der Waals surface area contributed by atoms with Crippen LogP contribution in [0.4, 0.5) is 0 Å². The van der Waals surface area contributed by atoms with Crippen molar-refractivity contribution >= 4 is 0 Å². The summed E-state index contributed by atoms with van der Waals surface area (Å²) in [6.07, 6.45) is -2.63. The van der Waals surface area contributed by atoms with Crippen molar-refractivity contribution in [3.63, 3.8) is 0 Å². The van der Waals surface area contributed by atoms with Gasteiger partial charge < -0.3 is 0 Å². The van der Waals surface area contributed by atoms with Crippen molar-refractivity contribution in [1.82, 2.24) is 0 Å². The molecule has 0 bridgehead atoms. The van der Waals surface area contributed by atoms with Gasteiger partial charge in [-0.05, 0) is 0 Å². The highest BCUT2D eigenvalue weighted by Crippen LogP contribution is 1.95. The third-order valence-corrected chi connectivity index (χ3v) is 0.535. The molecule has 0 fully saturated rings. The summed E-state index contributed by atoms with van der Waals surface area (Å²) < 4.78 is 42.3. The van der Waals surface area contributed by atoms with Crippen molar-refractivity contribution in [2.24, 2.45) is 0 Å². The Balaban J connectivity index is 4.38. The van der Waals surface area contributed by atoms with E-state index in [4.69, 9.17) is 8.22 Å². The molecule has 0 spiro atoms. The summed E-state index contributed by atoms with van der Waals surface area (Å²) >= 11 is 0. The summed E-state index contributed by atoms with van der Waals surface area (Å²) in [4.78, 5) is 0. The molecule has 0 aliphatic rings. The fraction of sp³-hybridized carbons (Fsp3) is 1.00. The first-order chi connectivity index (χ1) is 5.23. The second-order valence-corrected chi connectivity index (χ2v) is 1.14. The van der Waals surface area contributed by atoms with Crippen LogP contribution in [-0.2, 0) is 0 Å². The summed E-state index contributed by atoms with van der Waals surface area (Å²) in [7, 11) is 0. The van der Waals surface area contributed by atoms with Gasteiger partial charge in [0, 0.05) is 8.22 Å². The van der Waals surface area contributed by atoms with Gasteiger partial charge >= 0.3 is 0 Å². The van der Waals surface area contributed by atoms with E-state index in [1.165, 1.54) is 0 Å². The van der Waals surface area contributed by atoms with E-state index in [1.54, 1.807) is 6.92 Å². The standard InChI is InChI=1S/C6H14/c1-3-5-6-4-2/h3-6H2,1-2H3/i1D3,3D2,5D. The maximum absolute atomic E-state index is 7.30. The van der Waals surface area contributed by atoms with Crippen LogP contribution in [-0.4, -0.2) is 0 Å². The average Bonchev–Trinajstić information content (AvgIpc) is 1.85. The zero-order valence-corrected chi connectivity index (χ0v) is 3.99. The van der Waals surface area contributed by atoms with Gasteiger partial charge in [0.05, 0.1) is 0 Å². The van der Waals surface area contributed by atoms with Crippen LogP contribution < -0.4 is 0 Å². The van der Waals surface area contributed by atoms with E-state index in [1.807, 2.05) is 0 Å². The van der Waals surface area contributed by atoms with E-state index < -0.39 is 19.6 Å². The third-order valence-electron chi connectivity index (χ3n) is 0.535. The van der Waals surface area contributed by atoms with Crippen molar-refractivity contribution < 1.29 is 8.22 Å². The van der Waals surface area contributed by atoms with Gasteiger partial charge in [0.25, 0.3) is 0 Å². The fourth-order valence-corrected chi connectivity index (χ4v) is 0.217. The smallest absolute Gasteiger partial charge is 0.0266 e. The molecule has 38 valence electrons. The predicted octanol–water partition coefficient (Wildman–Crippen LogP) is 2.59. The largest absolute Gasteiger partial charge is 0.0654 e. The van der Waals surface area contributed by atoms with Crippen LogP contribution in [0, 0.1) is 0 Å². The normalized spacial score (nSPS) is 33.5. The minimum atomic E-state index is -2.69. The van der Waals surface area contributed by atoms with Crippen LogP contribution >= 0.6 is 0 Å². The number of hydrogen-bond acceptors (Lipinski definition) is 0. The molecule has 1 atom stereocenters. The summed E-state index contributed by atoms with van der Waals surface area (Å²) in [6, 6.07) is 0. The molecule has 0 saturated heterocycles. The molecule has 6 heavy (non-hydrogen) atoms. The number of hydrogen-bond donors (Lipinski definition) is 0. The van der Waals surface area contributed by atoms with E-state index in [0.717, 1.165) is 0 Å². The van der Waals surface area contributed by atoms with Gasteiger partial charge in [-0.15, -0.1) is 0 Å². The lowest BCUT2D eigenvalue weighted by molar-refractivity contribution is 0.702. The topological polar surface area (TPSA) is 0 Å². The summed E-state index contributed by atoms with van der Waals surface area (Å²) in [5.74, 6) is 0. The molecule has 1 unspecified atom stereocenters. The van der Waals surface area contributed by atoms with E-state index in [9.17, 15) is 0 Å². The van der Waals surface area contributed by atoms with Crippen molar-refractivity contribution in [3.05, 3.63) is 0 Å². The Bertz CT molecular complexity index is 137. The van der Waals surface area contributed by atoms with Crippen LogP contribution in [0.15, 0.2) is 0 Å². The van der Waals surface area contributed by atoms with Crippen LogP contribution in [0.25, 0.3) is 0 Å². The lowest BCUT2D eigenvalue weighted by atomic mass is 10.2. The van der Waals surface area contributed by atoms with Gasteiger partial charge in [-0.25, -0.2) is 0 Å². The molecular formula is C6H14. The summed E-state index contributed by atoms with van der Waals surface area (Å²) in [5, 5.41) is 0. The van der Waals surface area contributed by atoms with Gasteiger partial charge in [-0.1, -0.05) is 39.4 Å². The molecule has 0 aliphatic carbocycles. The molecule has 0 radical (unpaired) electrons. The predicted molar refractivity (Wildman–Crippen MR) is 29.8 cm³/mol. The molecule has 0 aromatic rings. The minimum Gasteiger partial charge on any atom is -0.0654 e. The third kappa shape index (κ3) is 4.00. The van der Waals surface area contributed by atoms with Crippen molar-refractivity contribution in [1.29, 1.82) is 0 Å². The molecule has 0 aliphatic heterocycles. The van der Waals surface area contributed by atoms with Gasteiger partial charge in [0.15, 0.2) is 0 Å². The first-order valence-electron chi connectivity index (χ1n) is 5.23. The molecule has 0 rings (SSSR count). The highest BCUT2D eigenvalue weighted by atomic mass is 13.8. The van der Waals surface area contributed by atoms with Gasteiger partial charge in [0.2, 0.25) is 0 Å². The molecule has 0 aromatic carbocycles. The molecule has 0 heterocycles. The van der Waals surface area contributed by atoms with E-state index in [0.29, 0.717) is 6.42 Å². The Morgan fingerprint density at radius 1 is 1.83 bits per heavy atom. The molecule has 0 amide bonds. The maximum atomic E-state index is 7.30. The Morgan fingerprint density at radius 2 is 2.67 bits per heavy atom. The van der Waals surface area contributed by atoms with Crippen molar-refractivity contribution in [3.8, 4) is 0 Å². The molecule has 0 nitrogen and oxygen atoms in total. The highest BCUT2D eigenvalue weighted by Gasteiger charge is 1.75. The zero-order chi connectivity index (χ0) is 9.99. The molecule has 0 saturated carbocycles. The second kappa shape index (κ2) is 5.00. The molecule has 0 aromatic heterocycles. The monoisotopic (exact) mass is 92.1 g/mol. The average molecular weight is 92.2 g/mol. The molecule has 0 heteroatoms. The van der Waals surface area contributed by atoms with Crippen molar-refractivity contribution in [2.75, 3.05) is 0 Å². The Kier molecular flexibility index (Phi) is 1.03. The first kappa shape index (κ1) is 1.24. The van der Waals surface area contributed by atoms with Gasteiger partial charge in [-0.3, -0.25) is 0 Å². The quantitative estimate of drug-likeness (QED) is 0.502. The van der Waals surface area contributed by atoms with Crippen LogP contribution in [0.2, 0.25) is 0 Å². The van der Waals surface area contributed by atoms with Crippen LogP contribution in [0.3, 0.4) is 0 Å². The zero-order valence-electron chi connectivity index (χ0n) is 9.99. The SMILES string of the molecule is [2H]C(CCC)C([2H])([2H])C([2H])([2H])[2H]. The highest BCUT2D eigenvalue weighted by molar-refractivity contribution is 4.31. The van der Waals surface area contributed by atoms with E-state index in [-0.39, 0.29) is 6.42 Å². The summed E-state index contributed by atoms with van der Waals surface area (Å²) in [6.45, 7) is -0.883. The number of rotatable bonds is 3. The lowest BCUT2D eigenvalue weighted by Gasteiger charge is -1.86. The van der Waals surface area contributed by atoms with E-state index >= 15 is 0 Å². The first-order valence-corrected chi connectivity index (χ1v) is 2.15. The van der Waals surface area contributed by atoms with Gasteiger partial charge in [0.1, 0.15) is 0 Å². The maximum Gasteiger partial charge on any atom is 0.0266 e. The molecule has 0 N–H and O–H groups in total. The Labute approximate surface area is 49.0 Å². The summed E-state index contributed by atoms with van der Waals surface area (Å²) in [5.41, 5.74) is 0.